The molecule has 5 nitrogen and oxygen atoms in total. The first kappa shape index (κ1) is 17.6. The van der Waals surface area contributed by atoms with Crippen LogP contribution < -0.4 is 10.6 Å². The van der Waals surface area contributed by atoms with Gasteiger partial charge in [-0.1, -0.05) is 19.9 Å². The number of benzene rings is 1. The van der Waals surface area contributed by atoms with Crippen LogP contribution in [0.3, 0.4) is 0 Å². The zero-order valence-corrected chi connectivity index (χ0v) is 15.1. The van der Waals surface area contributed by atoms with Gasteiger partial charge in [0.25, 0.3) is 0 Å². The van der Waals surface area contributed by atoms with Crippen LogP contribution in [0.4, 0.5) is 16.2 Å². The molecule has 2 rings (SSSR count). The topological polar surface area (TPSA) is 67.9 Å². The van der Waals surface area contributed by atoms with E-state index in [1.54, 1.807) is 4.90 Å². The van der Waals surface area contributed by atoms with Crippen molar-refractivity contribution in [3.63, 3.8) is 0 Å². The van der Waals surface area contributed by atoms with E-state index in [1.165, 1.54) is 0 Å². The minimum atomic E-state index is -0.539. The van der Waals surface area contributed by atoms with Crippen LogP contribution in [0.15, 0.2) is 23.2 Å². The van der Waals surface area contributed by atoms with Crippen molar-refractivity contribution in [2.24, 2.45) is 10.7 Å². The molecule has 0 fully saturated rings. The van der Waals surface area contributed by atoms with E-state index in [4.69, 9.17) is 22.1 Å². The normalized spacial score (nSPS) is 17.1. The first-order chi connectivity index (χ1) is 10.5. The lowest BCUT2D eigenvalue weighted by Gasteiger charge is -2.26. The Balaban J connectivity index is 2.41. The second kappa shape index (κ2) is 6.04. The lowest BCUT2D eigenvalue weighted by Crippen LogP contribution is -2.38. The SMILES string of the molecule is CC(C)(C)OC(=O)N1CC(C)(C)c2ccc(N=C(N)CCl)cc21. The van der Waals surface area contributed by atoms with Gasteiger partial charge in [-0.25, -0.2) is 9.79 Å². The number of amidine groups is 1. The maximum absolute atomic E-state index is 12.5. The van der Waals surface area contributed by atoms with Gasteiger partial charge in [-0.15, -0.1) is 11.6 Å². The van der Waals surface area contributed by atoms with Gasteiger partial charge >= 0.3 is 6.09 Å². The average molecular weight is 338 g/mol. The highest BCUT2D eigenvalue weighted by Crippen LogP contribution is 2.42. The molecule has 0 unspecified atom stereocenters. The molecule has 0 saturated carbocycles. The maximum atomic E-state index is 12.5. The van der Waals surface area contributed by atoms with Crippen molar-refractivity contribution in [3.8, 4) is 0 Å². The number of halogens is 1. The zero-order chi connectivity index (χ0) is 17.4. The van der Waals surface area contributed by atoms with Crippen molar-refractivity contribution in [3.05, 3.63) is 23.8 Å². The summed E-state index contributed by atoms with van der Waals surface area (Å²) in [7, 11) is 0. The van der Waals surface area contributed by atoms with Crippen molar-refractivity contribution < 1.29 is 9.53 Å². The molecule has 126 valence electrons. The summed E-state index contributed by atoms with van der Waals surface area (Å²) >= 11 is 5.68. The number of nitrogens with two attached hydrogens (primary N) is 1. The van der Waals surface area contributed by atoms with E-state index in [2.05, 4.69) is 18.8 Å². The van der Waals surface area contributed by atoms with Crippen molar-refractivity contribution in [1.82, 2.24) is 0 Å². The fourth-order valence-corrected chi connectivity index (χ4v) is 2.69. The van der Waals surface area contributed by atoms with E-state index in [0.717, 1.165) is 11.3 Å². The van der Waals surface area contributed by atoms with Crippen molar-refractivity contribution in [2.75, 3.05) is 17.3 Å². The fraction of sp³-hybridized carbons (Fsp3) is 0.529. The van der Waals surface area contributed by atoms with E-state index in [-0.39, 0.29) is 17.4 Å². The van der Waals surface area contributed by atoms with Gasteiger partial charge in [0, 0.05) is 12.0 Å². The maximum Gasteiger partial charge on any atom is 0.414 e. The summed E-state index contributed by atoms with van der Waals surface area (Å²) in [5.74, 6) is 0.505. The van der Waals surface area contributed by atoms with Crippen LogP contribution in [-0.2, 0) is 10.2 Å². The second-order valence-corrected chi connectivity index (χ2v) is 7.66. The molecule has 6 heteroatoms. The summed E-state index contributed by atoms with van der Waals surface area (Å²) in [6.07, 6.45) is -0.351. The summed E-state index contributed by atoms with van der Waals surface area (Å²) in [6.45, 7) is 10.3. The highest BCUT2D eigenvalue weighted by atomic mass is 35.5. The highest BCUT2D eigenvalue weighted by Gasteiger charge is 2.39. The standard InChI is InChI=1S/C17H24ClN3O2/c1-16(2,3)23-15(22)21-10-17(4,5)12-7-6-11(8-13(12)21)20-14(19)9-18/h6-8H,9-10H2,1-5H3,(H2,19,20). The predicted molar refractivity (Wildman–Crippen MR) is 95.1 cm³/mol. The van der Waals surface area contributed by atoms with E-state index < -0.39 is 5.60 Å². The predicted octanol–water partition coefficient (Wildman–Crippen LogP) is 3.95. The van der Waals surface area contributed by atoms with Crippen LogP contribution in [0.2, 0.25) is 0 Å². The number of carbonyl (C=O) groups is 1. The molecule has 0 aromatic heterocycles. The molecule has 0 saturated heterocycles. The fourth-order valence-electron chi connectivity index (χ4n) is 2.63. The van der Waals surface area contributed by atoms with E-state index in [0.29, 0.717) is 18.1 Å². The van der Waals surface area contributed by atoms with E-state index >= 15 is 0 Å². The molecular weight excluding hydrogens is 314 g/mol. The smallest absolute Gasteiger partial charge is 0.414 e. The number of ether oxygens (including phenoxy) is 1. The Kier molecular flexibility index (Phi) is 4.62. The van der Waals surface area contributed by atoms with Gasteiger partial charge in [0.05, 0.1) is 17.3 Å². The zero-order valence-electron chi connectivity index (χ0n) is 14.3. The first-order valence-corrected chi connectivity index (χ1v) is 8.11. The van der Waals surface area contributed by atoms with Crippen LogP contribution in [0.25, 0.3) is 0 Å². The molecule has 0 bridgehead atoms. The Morgan fingerprint density at radius 2 is 2.09 bits per heavy atom. The molecule has 0 radical (unpaired) electrons. The number of amides is 1. The number of fused-ring (bicyclic) bond motifs is 1. The van der Waals surface area contributed by atoms with Crippen molar-refractivity contribution in [1.29, 1.82) is 0 Å². The Hall–Kier alpha value is -1.75. The molecular formula is C17H24ClN3O2. The number of anilines is 1. The van der Waals surface area contributed by atoms with Gasteiger partial charge < -0.3 is 10.5 Å². The Morgan fingerprint density at radius 3 is 2.65 bits per heavy atom. The third-order valence-electron chi connectivity index (χ3n) is 3.58. The van der Waals surface area contributed by atoms with Gasteiger partial charge in [-0.2, -0.15) is 0 Å². The summed E-state index contributed by atoms with van der Waals surface area (Å²) in [5, 5.41) is 0. The van der Waals surface area contributed by atoms with Gasteiger partial charge in [-0.3, -0.25) is 4.90 Å². The lowest BCUT2D eigenvalue weighted by molar-refractivity contribution is 0.0579. The Labute approximate surface area is 142 Å². The Bertz CT molecular complexity index is 648. The molecule has 23 heavy (non-hydrogen) atoms. The van der Waals surface area contributed by atoms with Gasteiger partial charge in [-0.05, 0) is 38.5 Å². The molecule has 1 aliphatic heterocycles. The van der Waals surface area contributed by atoms with Crippen LogP contribution in [0, 0.1) is 0 Å². The number of aliphatic imine (C=N–C) groups is 1. The minimum Gasteiger partial charge on any atom is -0.443 e. The van der Waals surface area contributed by atoms with E-state index in [9.17, 15) is 4.79 Å². The highest BCUT2D eigenvalue weighted by molar-refractivity contribution is 6.28. The van der Waals surface area contributed by atoms with Gasteiger partial charge in [0.2, 0.25) is 0 Å². The number of hydrogen-bond donors (Lipinski definition) is 1. The summed E-state index contributed by atoms with van der Waals surface area (Å²) in [5.41, 5.74) is 7.59. The minimum absolute atomic E-state index is 0.146. The summed E-state index contributed by atoms with van der Waals surface area (Å²) < 4.78 is 5.52. The first-order valence-electron chi connectivity index (χ1n) is 7.57. The summed E-state index contributed by atoms with van der Waals surface area (Å²) in [4.78, 5) is 18.4. The van der Waals surface area contributed by atoms with Crippen LogP contribution in [0.1, 0.15) is 40.2 Å². The van der Waals surface area contributed by atoms with E-state index in [1.807, 2.05) is 39.0 Å². The molecule has 1 amide bonds. The number of carbonyl (C=O) groups excluding carboxylic acids is 1. The third-order valence-corrected chi connectivity index (χ3v) is 3.85. The number of alkyl halides is 1. The lowest BCUT2D eigenvalue weighted by atomic mass is 9.87. The molecule has 1 aromatic rings. The molecule has 0 aliphatic carbocycles. The second-order valence-electron chi connectivity index (χ2n) is 7.39. The van der Waals surface area contributed by atoms with Crippen LogP contribution in [0.5, 0.6) is 0 Å². The third kappa shape index (κ3) is 3.96. The molecule has 1 heterocycles. The Morgan fingerprint density at radius 1 is 1.43 bits per heavy atom. The van der Waals surface area contributed by atoms with Crippen LogP contribution in [-0.4, -0.2) is 30.0 Å². The van der Waals surface area contributed by atoms with Crippen molar-refractivity contribution >= 4 is 34.9 Å². The molecule has 2 N–H and O–H groups in total. The molecule has 0 spiro atoms. The average Bonchev–Trinajstić information content (AvgIpc) is 2.68. The van der Waals surface area contributed by atoms with Gasteiger partial charge in [0.1, 0.15) is 11.4 Å². The van der Waals surface area contributed by atoms with Gasteiger partial charge in [0.15, 0.2) is 0 Å². The number of hydrogen-bond acceptors (Lipinski definition) is 3. The monoisotopic (exact) mass is 337 g/mol. The molecule has 0 atom stereocenters. The van der Waals surface area contributed by atoms with Crippen molar-refractivity contribution in [2.45, 2.75) is 45.6 Å². The number of rotatable bonds is 2. The quantitative estimate of drug-likeness (QED) is 0.504. The van der Waals surface area contributed by atoms with Crippen LogP contribution >= 0.6 is 11.6 Å². The largest absolute Gasteiger partial charge is 0.443 e. The number of nitrogens with zero attached hydrogens (tertiary/aromatic N) is 2. The molecule has 1 aliphatic rings. The summed E-state index contributed by atoms with van der Waals surface area (Å²) in [6, 6.07) is 5.73. The molecule has 1 aromatic carbocycles.